The summed E-state index contributed by atoms with van der Waals surface area (Å²) in [6.45, 7) is 2.41. The van der Waals surface area contributed by atoms with Crippen LogP contribution in [0.1, 0.15) is 34.3 Å². The van der Waals surface area contributed by atoms with Crippen molar-refractivity contribution in [1.82, 2.24) is 0 Å². The quantitative estimate of drug-likeness (QED) is 0.595. The van der Waals surface area contributed by atoms with Crippen LogP contribution in [0.2, 0.25) is 0 Å². The van der Waals surface area contributed by atoms with E-state index in [-0.39, 0.29) is 30.6 Å². The number of carbonyl (C=O) groups excluding carboxylic acids is 3. The highest BCUT2D eigenvalue weighted by atomic mass is 16.2. The highest BCUT2D eigenvalue weighted by Crippen LogP contribution is 2.26. The predicted octanol–water partition coefficient (Wildman–Crippen LogP) is 4.50. The second-order valence-electron chi connectivity index (χ2n) is 7.39. The van der Waals surface area contributed by atoms with E-state index in [9.17, 15) is 14.4 Å². The Hall–Kier alpha value is -3.73. The van der Waals surface area contributed by atoms with Crippen molar-refractivity contribution < 1.29 is 14.4 Å². The van der Waals surface area contributed by atoms with Gasteiger partial charge in [0, 0.05) is 24.1 Å². The maximum Gasteiger partial charge on any atom is 0.258 e. The summed E-state index contributed by atoms with van der Waals surface area (Å²) in [4.78, 5) is 40.6. The van der Waals surface area contributed by atoms with Crippen molar-refractivity contribution in [3.05, 3.63) is 95.6 Å². The third-order valence-electron chi connectivity index (χ3n) is 5.18. The summed E-state index contributed by atoms with van der Waals surface area (Å²) in [7, 11) is 0. The molecule has 3 amide bonds. The van der Waals surface area contributed by atoms with Gasteiger partial charge < -0.3 is 4.90 Å². The monoisotopic (exact) mass is 398 g/mol. The first kappa shape index (κ1) is 19.6. The molecule has 0 atom stereocenters. The number of nitrogens with zero attached hydrogens (tertiary/aromatic N) is 2. The lowest BCUT2D eigenvalue weighted by atomic mass is 10.1. The zero-order valence-electron chi connectivity index (χ0n) is 16.7. The lowest BCUT2D eigenvalue weighted by Gasteiger charge is -2.24. The summed E-state index contributed by atoms with van der Waals surface area (Å²) < 4.78 is 0. The average molecular weight is 398 g/mol. The van der Waals surface area contributed by atoms with E-state index in [1.165, 1.54) is 4.90 Å². The normalized spacial score (nSPS) is 13.6. The van der Waals surface area contributed by atoms with Gasteiger partial charge in [0.25, 0.3) is 5.91 Å². The van der Waals surface area contributed by atoms with Gasteiger partial charge in [0.2, 0.25) is 11.8 Å². The summed E-state index contributed by atoms with van der Waals surface area (Å²) in [5.74, 6) is -0.655. The zero-order valence-corrected chi connectivity index (χ0v) is 16.7. The van der Waals surface area contributed by atoms with E-state index in [1.54, 1.807) is 29.2 Å². The van der Waals surface area contributed by atoms with Crippen molar-refractivity contribution >= 4 is 29.1 Å². The van der Waals surface area contributed by atoms with E-state index in [2.05, 4.69) is 0 Å². The van der Waals surface area contributed by atoms with Crippen LogP contribution in [0.3, 0.4) is 0 Å². The van der Waals surface area contributed by atoms with Crippen LogP contribution in [0.5, 0.6) is 0 Å². The van der Waals surface area contributed by atoms with Crippen molar-refractivity contribution in [2.45, 2.75) is 26.3 Å². The fourth-order valence-corrected chi connectivity index (χ4v) is 3.57. The highest BCUT2D eigenvalue weighted by Gasteiger charge is 2.31. The SMILES string of the molecule is Cc1ccc(N(Cc2ccccc2)C(=O)c2cccc(N3C(=O)CCC3=O)c2)cc1. The summed E-state index contributed by atoms with van der Waals surface area (Å²) in [6, 6.07) is 24.3. The van der Waals surface area contributed by atoms with E-state index in [4.69, 9.17) is 0 Å². The third-order valence-corrected chi connectivity index (χ3v) is 5.18. The Balaban J connectivity index is 1.69. The van der Waals surface area contributed by atoms with Crippen LogP contribution in [0.15, 0.2) is 78.9 Å². The molecule has 5 heteroatoms. The van der Waals surface area contributed by atoms with Gasteiger partial charge in [0.05, 0.1) is 12.2 Å². The maximum atomic E-state index is 13.5. The van der Waals surface area contributed by atoms with Gasteiger partial charge in [0.15, 0.2) is 0 Å². The van der Waals surface area contributed by atoms with Crippen LogP contribution >= 0.6 is 0 Å². The molecule has 0 bridgehead atoms. The molecule has 3 aromatic carbocycles. The van der Waals surface area contributed by atoms with Gasteiger partial charge in [-0.1, -0.05) is 54.1 Å². The van der Waals surface area contributed by atoms with Crippen LogP contribution in [-0.4, -0.2) is 17.7 Å². The number of benzene rings is 3. The van der Waals surface area contributed by atoms with Gasteiger partial charge in [-0.25, -0.2) is 0 Å². The summed E-state index contributed by atoms with van der Waals surface area (Å²) in [5, 5.41) is 0. The van der Waals surface area contributed by atoms with Gasteiger partial charge in [-0.2, -0.15) is 0 Å². The number of anilines is 2. The summed E-state index contributed by atoms with van der Waals surface area (Å²) >= 11 is 0. The molecule has 0 unspecified atom stereocenters. The second kappa shape index (κ2) is 8.33. The molecule has 0 radical (unpaired) electrons. The molecule has 1 aliphatic heterocycles. The molecule has 0 saturated carbocycles. The molecular formula is C25H22N2O3. The molecule has 4 rings (SSSR count). The Morgan fingerprint density at radius 2 is 1.53 bits per heavy atom. The van der Waals surface area contributed by atoms with Gasteiger partial charge in [0.1, 0.15) is 0 Å². The second-order valence-corrected chi connectivity index (χ2v) is 7.39. The highest BCUT2D eigenvalue weighted by molar-refractivity contribution is 6.20. The number of rotatable bonds is 5. The average Bonchev–Trinajstić information content (AvgIpc) is 3.11. The molecule has 3 aromatic rings. The van der Waals surface area contributed by atoms with Gasteiger partial charge in [-0.05, 0) is 42.8 Å². The maximum absolute atomic E-state index is 13.5. The molecular weight excluding hydrogens is 376 g/mol. The van der Waals surface area contributed by atoms with Crippen LogP contribution in [-0.2, 0) is 16.1 Å². The number of amides is 3. The standard InChI is InChI=1S/C25H22N2O3/c1-18-10-12-21(13-11-18)26(17-19-6-3-2-4-7-19)25(30)20-8-5-9-22(16-20)27-23(28)14-15-24(27)29/h2-13,16H,14-15,17H2,1H3. The first-order valence-electron chi connectivity index (χ1n) is 9.91. The van der Waals surface area contributed by atoms with Crippen molar-refractivity contribution in [1.29, 1.82) is 0 Å². The smallest absolute Gasteiger partial charge is 0.258 e. The molecule has 1 fully saturated rings. The van der Waals surface area contributed by atoms with Crippen LogP contribution in [0, 0.1) is 6.92 Å². The minimum absolute atomic E-state index is 0.191. The summed E-state index contributed by atoms with van der Waals surface area (Å²) in [5.41, 5.74) is 3.77. The Morgan fingerprint density at radius 3 is 2.20 bits per heavy atom. The first-order chi connectivity index (χ1) is 14.5. The fourth-order valence-electron chi connectivity index (χ4n) is 3.57. The number of aryl methyl sites for hydroxylation is 1. The van der Waals surface area contributed by atoms with Crippen LogP contribution in [0.25, 0.3) is 0 Å². The van der Waals surface area contributed by atoms with Crippen LogP contribution < -0.4 is 9.80 Å². The predicted molar refractivity (Wildman–Crippen MR) is 116 cm³/mol. The van der Waals surface area contributed by atoms with Crippen molar-refractivity contribution in [3.8, 4) is 0 Å². The molecule has 5 nitrogen and oxygen atoms in total. The molecule has 0 N–H and O–H groups in total. The molecule has 1 aliphatic rings. The summed E-state index contributed by atoms with van der Waals surface area (Å²) in [6.07, 6.45) is 0.418. The van der Waals surface area contributed by atoms with Gasteiger partial charge in [-0.3, -0.25) is 19.3 Å². The molecule has 1 saturated heterocycles. The zero-order chi connectivity index (χ0) is 21.1. The van der Waals surface area contributed by atoms with Gasteiger partial charge in [-0.15, -0.1) is 0 Å². The van der Waals surface area contributed by atoms with E-state index < -0.39 is 0 Å². The Labute approximate surface area is 175 Å². The lowest BCUT2D eigenvalue weighted by molar-refractivity contribution is -0.121. The minimum atomic E-state index is -0.232. The lowest BCUT2D eigenvalue weighted by Crippen LogP contribution is -2.31. The van der Waals surface area contributed by atoms with E-state index in [0.29, 0.717) is 17.8 Å². The molecule has 1 heterocycles. The number of hydrogen-bond acceptors (Lipinski definition) is 3. The number of imide groups is 1. The van der Waals surface area contributed by atoms with Gasteiger partial charge >= 0.3 is 0 Å². The van der Waals surface area contributed by atoms with Crippen molar-refractivity contribution in [3.63, 3.8) is 0 Å². The van der Waals surface area contributed by atoms with Crippen LogP contribution in [0.4, 0.5) is 11.4 Å². The van der Waals surface area contributed by atoms with E-state index >= 15 is 0 Å². The molecule has 30 heavy (non-hydrogen) atoms. The largest absolute Gasteiger partial charge is 0.304 e. The molecule has 0 spiro atoms. The fraction of sp³-hybridized carbons (Fsp3) is 0.160. The topological polar surface area (TPSA) is 57.7 Å². The Bertz CT molecular complexity index is 1070. The first-order valence-corrected chi connectivity index (χ1v) is 9.91. The van der Waals surface area contributed by atoms with Crippen molar-refractivity contribution in [2.24, 2.45) is 0 Å². The minimum Gasteiger partial charge on any atom is -0.304 e. The van der Waals surface area contributed by atoms with E-state index in [0.717, 1.165) is 16.8 Å². The molecule has 150 valence electrons. The number of carbonyl (C=O) groups is 3. The Morgan fingerprint density at radius 1 is 0.867 bits per heavy atom. The van der Waals surface area contributed by atoms with E-state index in [1.807, 2.05) is 61.5 Å². The molecule has 0 aromatic heterocycles. The van der Waals surface area contributed by atoms with Crippen molar-refractivity contribution in [2.75, 3.05) is 9.80 Å². The number of hydrogen-bond donors (Lipinski definition) is 0. The third kappa shape index (κ3) is 4.01. The molecule has 0 aliphatic carbocycles. The Kier molecular flexibility index (Phi) is 5.44.